The van der Waals surface area contributed by atoms with E-state index in [-0.39, 0.29) is 11.8 Å². The molecule has 84 valence electrons. The molecule has 0 radical (unpaired) electrons. The van der Waals surface area contributed by atoms with Crippen molar-refractivity contribution >= 4 is 5.91 Å². The third-order valence-corrected chi connectivity index (χ3v) is 2.23. The van der Waals surface area contributed by atoms with E-state index in [0.717, 1.165) is 12.8 Å². The van der Waals surface area contributed by atoms with Crippen LogP contribution in [0.3, 0.4) is 0 Å². The molecule has 0 heterocycles. The van der Waals surface area contributed by atoms with Gasteiger partial charge in [-0.3, -0.25) is 10.2 Å². The Kier molecular flexibility index (Phi) is 6.49. The standard InChI is InChI=1S/C10H22N2O2/c1-7(2)4-5-9(6-8(3)13)10(14)12-11/h7-9,13H,4-6,11H2,1-3H3,(H,12,14)/t8-,9-/m0/s1. The third kappa shape index (κ3) is 5.94. The van der Waals surface area contributed by atoms with Crippen LogP contribution in [0.1, 0.15) is 40.0 Å². The number of amides is 1. The van der Waals surface area contributed by atoms with Gasteiger partial charge in [0.05, 0.1) is 6.10 Å². The molecule has 0 aliphatic carbocycles. The zero-order valence-corrected chi connectivity index (χ0v) is 9.29. The molecule has 0 rings (SSSR count). The number of nitrogens with one attached hydrogen (secondary N) is 1. The molecule has 0 aromatic heterocycles. The van der Waals surface area contributed by atoms with Crippen LogP contribution in [0.25, 0.3) is 0 Å². The van der Waals surface area contributed by atoms with Crippen LogP contribution in [0.15, 0.2) is 0 Å². The highest BCUT2D eigenvalue weighted by Crippen LogP contribution is 2.17. The minimum Gasteiger partial charge on any atom is -0.393 e. The molecular weight excluding hydrogens is 180 g/mol. The Hall–Kier alpha value is -0.610. The zero-order valence-electron chi connectivity index (χ0n) is 9.29. The summed E-state index contributed by atoms with van der Waals surface area (Å²) < 4.78 is 0. The molecule has 0 bridgehead atoms. The van der Waals surface area contributed by atoms with Crippen molar-refractivity contribution in [2.45, 2.75) is 46.1 Å². The van der Waals surface area contributed by atoms with E-state index in [1.54, 1.807) is 6.92 Å². The zero-order chi connectivity index (χ0) is 11.1. The highest BCUT2D eigenvalue weighted by Gasteiger charge is 2.19. The highest BCUT2D eigenvalue weighted by molar-refractivity contribution is 5.77. The number of nitrogens with two attached hydrogens (primary N) is 1. The van der Waals surface area contributed by atoms with Gasteiger partial charge in [-0.05, 0) is 25.7 Å². The third-order valence-electron chi connectivity index (χ3n) is 2.23. The molecule has 4 heteroatoms. The first-order chi connectivity index (χ1) is 6.47. The fraction of sp³-hybridized carbons (Fsp3) is 0.900. The summed E-state index contributed by atoms with van der Waals surface area (Å²) in [4.78, 5) is 11.3. The first-order valence-corrected chi connectivity index (χ1v) is 5.15. The fourth-order valence-electron chi connectivity index (χ4n) is 1.42. The number of hydrogen-bond donors (Lipinski definition) is 3. The van der Waals surface area contributed by atoms with Gasteiger partial charge in [0, 0.05) is 5.92 Å². The molecule has 14 heavy (non-hydrogen) atoms. The molecule has 0 aliphatic rings. The summed E-state index contributed by atoms with van der Waals surface area (Å²) in [6, 6.07) is 0. The summed E-state index contributed by atoms with van der Waals surface area (Å²) in [5, 5.41) is 9.21. The molecule has 2 atom stereocenters. The Morgan fingerprint density at radius 2 is 1.93 bits per heavy atom. The molecule has 0 aromatic rings. The molecule has 0 saturated carbocycles. The summed E-state index contributed by atoms with van der Waals surface area (Å²) in [6.45, 7) is 5.91. The Morgan fingerprint density at radius 1 is 1.36 bits per heavy atom. The number of aliphatic hydroxyl groups excluding tert-OH is 1. The minimum atomic E-state index is -0.454. The van der Waals surface area contributed by atoms with Crippen molar-refractivity contribution in [2.75, 3.05) is 0 Å². The predicted octanol–water partition coefficient (Wildman–Crippen LogP) is 0.800. The Bertz CT molecular complexity index is 170. The van der Waals surface area contributed by atoms with Gasteiger partial charge in [0.25, 0.3) is 0 Å². The van der Waals surface area contributed by atoms with Crippen molar-refractivity contribution in [3.8, 4) is 0 Å². The fourth-order valence-corrected chi connectivity index (χ4v) is 1.42. The van der Waals surface area contributed by atoms with Crippen molar-refractivity contribution in [1.29, 1.82) is 0 Å². The molecule has 0 fully saturated rings. The Morgan fingerprint density at radius 3 is 2.29 bits per heavy atom. The van der Waals surface area contributed by atoms with E-state index in [1.807, 2.05) is 0 Å². The number of aliphatic hydroxyl groups is 1. The maximum absolute atomic E-state index is 11.3. The summed E-state index contributed by atoms with van der Waals surface area (Å²) >= 11 is 0. The van der Waals surface area contributed by atoms with Gasteiger partial charge in [0.15, 0.2) is 0 Å². The quantitative estimate of drug-likeness (QED) is 0.339. The van der Waals surface area contributed by atoms with E-state index in [0.29, 0.717) is 12.3 Å². The van der Waals surface area contributed by atoms with Crippen LogP contribution in [0.5, 0.6) is 0 Å². The van der Waals surface area contributed by atoms with Crippen molar-refractivity contribution in [3.63, 3.8) is 0 Å². The minimum absolute atomic E-state index is 0.164. The van der Waals surface area contributed by atoms with E-state index in [9.17, 15) is 9.90 Å². The molecule has 4 nitrogen and oxygen atoms in total. The number of hydrogen-bond acceptors (Lipinski definition) is 3. The number of carbonyl (C=O) groups excluding carboxylic acids is 1. The van der Waals surface area contributed by atoms with Gasteiger partial charge >= 0.3 is 0 Å². The van der Waals surface area contributed by atoms with Crippen molar-refractivity contribution < 1.29 is 9.90 Å². The number of hydrazine groups is 1. The first-order valence-electron chi connectivity index (χ1n) is 5.15. The lowest BCUT2D eigenvalue weighted by atomic mass is 9.92. The molecule has 0 unspecified atom stereocenters. The van der Waals surface area contributed by atoms with Crippen LogP contribution in [0.4, 0.5) is 0 Å². The van der Waals surface area contributed by atoms with Crippen LogP contribution >= 0.6 is 0 Å². The summed E-state index contributed by atoms with van der Waals surface area (Å²) in [5.41, 5.74) is 2.14. The monoisotopic (exact) mass is 202 g/mol. The lowest BCUT2D eigenvalue weighted by molar-refractivity contribution is -0.126. The lowest BCUT2D eigenvalue weighted by Crippen LogP contribution is -2.37. The molecule has 0 aliphatic heterocycles. The van der Waals surface area contributed by atoms with Crippen LogP contribution in [0.2, 0.25) is 0 Å². The van der Waals surface area contributed by atoms with Crippen molar-refractivity contribution in [2.24, 2.45) is 17.7 Å². The van der Waals surface area contributed by atoms with Crippen LogP contribution < -0.4 is 11.3 Å². The van der Waals surface area contributed by atoms with E-state index in [4.69, 9.17) is 5.84 Å². The van der Waals surface area contributed by atoms with E-state index < -0.39 is 6.10 Å². The molecule has 0 spiro atoms. The van der Waals surface area contributed by atoms with Crippen molar-refractivity contribution in [1.82, 2.24) is 5.43 Å². The van der Waals surface area contributed by atoms with Gasteiger partial charge < -0.3 is 5.11 Å². The molecule has 0 aromatic carbocycles. The lowest BCUT2D eigenvalue weighted by Gasteiger charge is -2.17. The predicted molar refractivity (Wildman–Crippen MR) is 56.2 cm³/mol. The largest absolute Gasteiger partial charge is 0.393 e. The average Bonchev–Trinajstić information content (AvgIpc) is 2.10. The first kappa shape index (κ1) is 13.4. The highest BCUT2D eigenvalue weighted by atomic mass is 16.3. The van der Waals surface area contributed by atoms with Crippen LogP contribution in [0, 0.1) is 11.8 Å². The summed E-state index contributed by atoms with van der Waals surface area (Å²) in [5.74, 6) is 5.30. The Labute approximate surface area is 85.8 Å². The molecule has 4 N–H and O–H groups in total. The van der Waals surface area contributed by atoms with E-state index in [1.165, 1.54) is 0 Å². The topological polar surface area (TPSA) is 75.3 Å². The average molecular weight is 202 g/mol. The normalized spacial score (nSPS) is 15.3. The van der Waals surface area contributed by atoms with Crippen LogP contribution in [-0.4, -0.2) is 17.1 Å². The smallest absolute Gasteiger partial charge is 0.237 e. The van der Waals surface area contributed by atoms with Gasteiger partial charge in [-0.2, -0.15) is 0 Å². The maximum atomic E-state index is 11.3. The van der Waals surface area contributed by atoms with Gasteiger partial charge in [-0.1, -0.05) is 20.3 Å². The molecule has 0 saturated heterocycles. The van der Waals surface area contributed by atoms with Crippen molar-refractivity contribution in [3.05, 3.63) is 0 Å². The summed E-state index contributed by atoms with van der Waals surface area (Å²) in [7, 11) is 0. The van der Waals surface area contributed by atoms with E-state index >= 15 is 0 Å². The van der Waals surface area contributed by atoms with E-state index in [2.05, 4.69) is 19.3 Å². The van der Waals surface area contributed by atoms with Gasteiger partial charge in [-0.15, -0.1) is 0 Å². The number of carbonyl (C=O) groups is 1. The van der Waals surface area contributed by atoms with Gasteiger partial charge in [0.2, 0.25) is 5.91 Å². The molecular formula is C10H22N2O2. The number of rotatable bonds is 6. The Balaban J connectivity index is 4.04. The second kappa shape index (κ2) is 6.79. The molecule has 1 amide bonds. The maximum Gasteiger partial charge on any atom is 0.237 e. The second-order valence-electron chi connectivity index (χ2n) is 4.26. The van der Waals surface area contributed by atoms with Gasteiger partial charge in [-0.25, -0.2) is 5.84 Å². The SMILES string of the molecule is CC(C)CC[C@@H](C[C@H](C)O)C(=O)NN. The second-order valence-corrected chi connectivity index (χ2v) is 4.26. The van der Waals surface area contributed by atoms with Crippen LogP contribution in [-0.2, 0) is 4.79 Å². The van der Waals surface area contributed by atoms with Gasteiger partial charge in [0.1, 0.15) is 0 Å². The summed E-state index contributed by atoms with van der Waals surface area (Å²) in [6.07, 6.45) is 1.79.